The van der Waals surface area contributed by atoms with E-state index in [1.807, 2.05) is 41.4 Å². The minimum Gasteiger partial charge on any atom is -0.335 e. The van der Waals surface area contributed by atoms with E-state index >= 15 is 0 Å². The van der Waals surface area contributed by atoms with Crippen molar-refractivity contribution in [3.8, 4) is 11.1 Å². The molecule has 5 nitrogen and oxygen atoms in total. The molecule has 0 saturated carbocycles. The predicted octanol–water partition coefficient (Wildman–Crippen LogP) is 3.81. The van der Waals surface area contributed by atoms with Gasteiger partial charge >= 0.3 is 0 Å². The lowest BCUT2D eigenvalue weighted by Gasteiger charge is -2.33. The Morgan fingerprint density at radius 2 is 1.88 bits per heavy atom. The van der Waals surface area contributed by atoms with Crippen LogP contribution < -0.4 is 5.32 Å². The zero-order valence-electron chi connectivity index (χ0n) is 13.9. The van der Waals surface area contributed by atoms with E-state index in [1.165, 1.54) is 6.08 Å². The van der Waals surface area contributed by atoms with Gasteiger partial charge in [-0.25, -0.2) is 4.68 Å². The zero-order chi connectivity index (χ0) is 17.9. The van der Waals surface area contributed by atoms with E-state index in [0.29, 0.717) is 6.54 Å². The normalized spacial score (nSPS) is 16.6. The van der Waals surface area contributed by atoms with Crippen molar-refractivity contribution in [3.05, 3.63) is 89.9 Å². The van der Waals surface area contributed by atoms with Crippen LogP contribution in [0.4, 0.5) is 0 Å². The molecule has 1 aromatic heterocycles. The summed E-state index contributed by atoms with van der Waals surface area (Å²) in [4.78, 5) is 13.7. The number of rotatable bonds is 4. The van der Waals surface area contributed by atoms with Gasteiger partial charge in [-0.05, 0) is 23.3 Å². The SMILES string of the molecule is O=C1C=CN(Cc2ccc(-c3ccccc3Cl)cc2)C(n2cccn2)N1. The van der Waals surface area contributed by atoms with Crippen molar-refractivity contribution in [1.29, 1.82) is 0 Å². The Labute approximate surface area is 156 Å². The summed E-state index contributed by atoms with van der Waals surface area (Å²) in [6.45, 7) is 0.643. The monoisotopic (exact) mass is 364 g/mol. The van der Waals surface area contributed by atoms with Crippen LogP contribution in [0.15, 0.2) is 79.3 Å². The minimum atomic E-state index is -0.342. The number of aromatic nitrogens is 2. The number of halogens is 1. The highest BCUT2D eigenvalue weighted by Crippen LogP contribution is 2.28. The van der Waals surface area contributed by atoms with Gasteiger partial charge < -0.3 is 10.2 Å². The van der Waals surface area contributed by atoms with Crippen LogP contribution in [0.25, 0.3) is 11.1 Å². The number of benzene rings is 2. The van der Waals surface area contributed by atoms with Gasteiger partial charge in [-0.3, -0.25) is 4.79 Å². The Morgan fingerprint density at radius 3 is 2.62 bits per heavy atom. The van der Waals surface area contributed by atoms with Crippen LogP contribution >= 0.6 is 11.6 Å². The molecule has 26 heavy (non-hydrogen) atoms. The third-order valence-electron chi connectivity index (χ3n) is 4.28. The fourth-order valence-electron chi connectivity index (χ4n) is 2.98. The molecular formula is C20H17ClN4O. The molecule has 0 spiro atoms. The largest absolute Gasteiger partial charge is 0.335 e. The van der Waals surface area contributed by atoms with Crippen LogP contribution in [-0.2, 0) is 11.3 Å². The number of hydrogen-bond donors (Lipinski definition) is 1. The molecule has 0 radical (unpaired) electrons. The molecule has 4 rings (SSSR count). The van der Waals surface area contributed by atoms with Crippen LogP contribution in [0.5, 0.6) is 0 Å². The van der Waals surface area contributed by atoms with Crippen LogP contribution in [-0.4, -0.2) is 20.6 Å². The van der Waals surface area contributed by atoms with Crippen molar-refractivity contribution < 1.29 is 4.79 Å². The lowest BCUT2D eigenvalue weighted by molar-refractivity contribution is -0.120. The molecule has 6 heteroatoms. The maximum absolute atomic E-state index is 11.7. The van der Waals surface area contributed by atoms with Gasteiger partial charge in [0.2, 0.25) is 12.2 Å². The molecule has 2 heterocycles. The molecule has 130 valence electrons. The van der Waals surface area contributed by atoms with Crippen LogP contribution in [0, 0.1) is 0 Å². The number of carbonyl (C=O) groups excluding carboxylic acids is 1. The zero-order valence-corrected chi connectivity index (χ0v) is 14.7. The fourth-order valence-corrected chi connectivity index (χ4v) is 3.23. The summed E-state index contributed by atoms with van der Waals surface area (Å²) in [6.07, 6.45) is 6.51. The number of nitrogens with one attached hydrogen (secondary N) is 1. The van der Waals surface area contributed by atoms with E-state index in [0.717, 1.165) is 21.7 Å². The summed E-state index contributed by atoms with van der Waals surface area (Å²) < 4.78 is 1.72. The predicted molar refractivity (Wildman–Crippen MR) is 101 cm³/mol. The van der Waals surface area contributed by atoms with Gasteiger partial charge in [0, 0.05) is 41.8 Å². The van der Waals surface area contributed by atoms with Crippen molar-refractivity contribution in [2.45, 2.75) is 12.8 Å². The van der Waals surface area contributed by atoms with Gasteiger partial charge in [-0.2, -0.15) is 5.10 Å². The maximum Gasteiger partial charge on any atom is 0.248 e. The molecule has 0 aliphatic carbocycles. The van der Waals surface area contributed by atoms with E-state index in [4.69, 9.17) is 11.6 Å². The van der Waals surface area contributed by atoms with Crippen molar-refractivity contribution in [1.82, 2.24) is 20.0 Å². The highest BCUT2D eigenvalue weighted by molar-refractivity contribution is 6.33. The first kappa shape index (κ1) is 16.4. The quantitative estimate of drug-likeness (QED) is 0.766. The van der Waals surface area contributed by atoms with Crippen LogP contribution in [0.2, 0.25) is 5.02 Å². The Morgan fingerprint density at radius 1 is 1.08 bits per heavy atom. The second-order valence-electron chi connectivity index (χ2n) is 6.03. The second kappa shape index (κ2) is 7.06. The third kappa shape index (κ3) is 3.34. The molecule has 1 N–H and O–H groups in total. The van der Waals surface area contributed by atoms with E-state index in [9.17, 15) is 4.79 Å². The Hall–Kier alpha value is -3.05. The standard InChI is InChI=1S/C20H17ClN4O/c21-18-5-2-1-4-17(18)16-8-6-15(7-9-16)14-24-13-10-19(26)23-20(24)25-12-3-11-22-25/h1-13,20H,14H2,(H,23,26). The fraction of sp³-hybridized carbons (Fsp3) is 0.100. The molecule has 0 bridgehead atoms. The van der Waals surface area contributed by atoms with E-state index < -0.39 is 0 Å². The summed E-state index contributed by atoms with van der Waals surface area (Å²) in [6, 6.07) is 17.9. The summed E-state index contributed by atoms with van der Waals surface area (Å²) in [5.74, 6) is -0.129. The average molecular weight is 365 g/mol. The number of carbonyl (C=O) groups is 1. The van der Waals surface area contributed by atoms with E-state index in [1.54, 1.807) is 17.1 Å². The number of nitrogens with zero attached hydrogens (tertiary/aromatic N) is 3. The van der Waals surface area contributed by atoms with Crippen LogP contribution in [0.3, 0.4) is 0 Å². The van der Waals surface area contributed by atoms with Crippen molar-refractivity contribution >= 4 is 17.5 Å². The molecule has 1 amide bonds. The van der Waals surface area contributed by atoms with Gasteiger partial charge in [0.1, 0.15) is 0 Å². The minimum absolute atomic E-state index is 0.129. The van der Waals surface area contributed by atoms with Crippen molar-refractivity contribution in [2.24, 2.45) is 0 Å². The van der Waals surface area contributed by atoms with Crippen molar-refractivity contribution in [2.75, 3.05) is 0 Å². The first-order valence-corrected chi connectivity index (χ1v) is 8.66. The Bertz CT molecular complexity index is 935. The summed E-state index contributed by atoms with van der Waals surface area (Å²) >= 11 is 6.28. The molecule has 1 atom stereocenters. The molecule has 2 aromatic carbocycles. The molecule has 1 aliphatic heterocycles. The van der Waals surface area contributed by atoms with E-state index in [2.05, 4.69) is 34.7 Å². The second-order valence-corrected chi connectivity index (χ2v) is 6.44. The third-order valence-corrected chi connectivity index (χ3v) is 4.61. The molecule has 1 aliphatic rings. The van der Waals surface area contributed by atoms with Gasteiger partial charge in [0.15, 0.2) is 0 Å². The lowest BCUT2D eigenvalue weighted by Crippen LogP contribution is -2.44. The van der Waals surface area contributed by atoms with E-state index in [-0.39, 0.29) is 12.2 Å². The highest BCUT2D eigenvalue weighted by Gasteiger charge is 2.23. The average Bonchev–Trinajstić information content (AvgIpc) is 3.19. The maximum atomic E-state index is 11.7. The van der Waals surface area contributed by atoms with Gasteiger partial charge in [0.25, 0.3) is 0 Å². The van der Waals surface area contributed by atoms with Gasteiger partial charge in [-0.15, -0.1) is 0 Å². The Balaban J connectivity index is 1.55. The Kier molecular flexibility index (Phi) is 4.46. The topological polar surface area (TPSA) is 50.2 Å². The molecule has 0 fully saturated rings. The smallest absolute Gasteiger partial charge is 0.248 e. The molecular weight excluding hydrogens is 348 g/mol. The van der Waals surface area contributed by atoms with Gasteiger partial charge in [-0.1, -0.05) is 54.1 Å². The van der Waals surface area contributed by atoms with Gasteiger partial charge in [0.05, 0.1) is 0 Å². The molecule has 0 saturated heterocycles. The first-order chi connectivity index (χ1) is 12.7. The summed E-state index contributed by atoms with van der Waals surface area (Å²) in [5.41, 5.74) is 3.21. The number of amides is 1. The highest BCUT2D eigenvalue weighted by atomic mass is 35.5. The lowest BCUT2D eigenvalue weighted by atomic mass is 10.0. The summed E-state index contributed by atoms with van der Waals surface area (Å²) in [5, 5.41) is 7.90. The van der Waals surface area contributed by atoms with Crippen molar-refractivity contribution in [3.63, 3.8) is 0 Å². The first-order valence-electron chi connectivity index (χ1n) is 8.28. The molecule has 3 aromatic rings. The summed E-state index contributed by atoms with van der Waals surface area (Å²) in [7, 11) is 0. The number of hydrogen-bond acceptors (Lipinski definition) is 3. The molecule has 1 unspecified atom stereocenters. The van der Waals surface area contributed by atoms with Crippen LogP contribution in [0.1, 0.15) is 11.9 Å².